The second-order valence-corrected chi connectivity index (χ2v) is 9.72. The number of Topliss-reactive ketones (excluding diaryl/α,β-unsaturated/α-hetero) is 1. The fourth-order valence-corrected chi connectivity index (χ4v) is 5.53. The van der Waals surface area contributed by atoms with Crippen molar-refractivity contribution in [3.8, 4) is 17.2 Å². The summed E-state index contributed by atoms with van der Waals surface area (Å²) < 4.78 is 16.1. The Morgan fingerprint density at radius 2 is 1.56 bits per heavy atom. The van der Waals surface area contributed by atoms with E-state index in [2.05, 4.69) is 10.6 Å². The Morgan fingerprint density at radius 3 is 2.23 bits per heavy atom. The van der Waals surface area contributed by atoms with Crippen LogP contribution in [0.4, 0.5) is 5.69 Å². The zero-order valence-electron chi connectivity index (χ0n) is 22.5. The molecule has 5 rings (SSSR count). The minimum Gasteiger partial charge on any atom is -0.497 e. The van der Waals surface area contributed by atoms with Crippen LogP contribution in [-0.2, 0) is 9.59 Å². The molecule has 0 fully saturated rings. The number of dihydropyridines is 1. The van der Waals surface area contributed by atoms with Crippen LogP contribution in [0.25, 0.3) is 0 Å². The second-order valence-electron chi connectivity index (χ2n) is 9.72. The summed E-state index contributed by atoms with van der Waals surface area (Å²) in [4.78, 5) is 27.6. The predicted octanol–water partition coefficient (Wildman–Crippen LogP) is 5.71. The highest BCUT2D eigenvalue weighted by molar-refractivity contribution is 6.10. The van der Waals surface area contributed by atoms with Crippen LogP contribution in [0.2, 0.25) is 0 Å². The number of amides is 1. The van der Waals surface area contributed by atoms with Crippen molar-refractivity contribution < 1.29 is 23.8 Å². The molecular weight excluding hydrogens is 492 g/mol. The number of carbonyl (C=O) groups excluding carboxylic acids is 2. The molecule has 2 aliphatic rings. The molecule has 0 saturated carbocycles. The Kier molecular flexibility index (Phi) is 7.41. The van der Waals surface area contributed by atoms with E-state index >= 15 is 0 Å². The number of hydrogen-bond acceptors (Lipinski definition) is 6. The molecule has 39 heavy (non-hydrogen) atoms. The van der Waals surface area contributed by atoms with E-state index in [0.717, 1.165) is 22.5 Å². The average molecular weight is 525 g/mol. The Labute approximate surface area is 228 Å². The van der Waals surface area contributed by atoms with Crippen molar-refractivity contribution >= 4 is 17.4 Å². The van der Waals surface area contributed by atoms with Gasteiger partial charge in [0.2, 0.25) is 0 Å². The van der Waals surface area contributed by atoms with Gasteiger partial charge in [-0.1, -0.05) is 36.4 Å². The maximum Gasteiger partial charge on any atom is 0.254 e. The summed E-state index contributed by atoms with van der Waals surface area (Å²) in [5, 5.41) is 6.45. The molecule has 1 amide bonds. The van der Waals surface area contributed by atoms with Crippen molar-refractivity contribution in [1.29, 1.82) is 0 Å². The van der Waals surface area contributed by atoms with E-state index < -0.39 is 5.92 Å². The van der Waals surface area contributed by atoms with E-state index in [1.165, 1.54) is 0 Å². The molecule has 2 unspecified atom stereocenters. The molecule has 2 N–H and O–H groups in total. The molecule has 0 spiro atoms. The lowest BCUT2D eigenvalue weighted by atomic mass is 9.71. The van der Waals surface area contributed by atoms with Gasteiger partial charge in [-0.15, -0.1) is 0 Å². The normalized spacial score (nSPS) is 18.7. The van der Waals surface area contributed by atoms with Crippen LogP contribution in [0, 0.1) is 0 Å². The van der Waals surface area contributed by atoms with Crippen molar-refractivity contribution in [3.05, 3.63) is 106 Å². The molecule has 2 atom stereocenters. The van der Waals surface area contributed by atoms with Gasteiger partial charge in [0.25, 0.3) is 5.91 Å². The molecule has 200 valence electrons. The topological polar surface area (TPSA) is 85.9 Å². The molecule has 0 bridgehead atoms. The van der Waals surface area contributed by atoms with Crippen molar-refractivity contribution in [2.45, 2.75) is 31.6 Å². The van der Waals surface area contributed by atoms with Gasteiger partial charge in [-0.25, -0.2) is 0 Å². The highest BCUT2D eigenvalue weighted by Crippen LogP contribution is 2.46. The maximum atomic E-state index is 13.9. The Morgan fingerprint density at radius 1 is 0.846 bits per heavy atom. The van der Waals surface area contributed by atoms with E-state index in [1.807, 2.05) is 55.5 Å². The molecule has 0 aromatic heterocycles. The van der Waals surface area contributed by atoms with Gasteiger partial charge in [0.05, 0.1) is 21.3 Å². The SMILES string of the molecule is COc1ccc(NC(=O)C2=C(C)NC3=C(C(=O)CC(c4ccc(OC)c(OC)c4)C3)C2c2ccccc2)cc1. The first kappa shape index (κ1) is 26.1. The third kappa shape index (κ3) is 5.12. The number of benzene rings is 3. The number of rotatable bonds is 7. The van der Waals surface area contributed by atoms with Crippen LogP contribution >= 0.6 is 0 Å². The summed E-state index contributed by atoms with van der Waals surface area (Å²) in [5.41, 5.74) is 5.35. The van der Waals surface area contributed by atoms with Crippen molar-refractivity contribution in [2.24, 2.45) is 0 Å². The van der Waals surface area contributed by atoms with Crippen LogP contribution in [0.3, 0.4) is 0 Å². The smallest absolute Gasteiger partial charge is 0.254 e. The first-order chi connectivity index (χ1) is 18.9. The Bertz CT molecular complexity index is 1460. The number of nitrogens with one attached hydrogen (secondary N) is 2. The number of hydrogen-bond donors (Lipinski definition) is 2. The zero-order valence-corrected chi connectivity index (χ0v) is 22.5. The second kappa shape index (κ2) is 11.1. The predicted molar refractivity (Wildman–Crippen MR) is 150 cm³/mol. The lowest BCUT2D eigenvalue weighted by Crippen LogP contribution is -2.37. The third-order valence-corrected chi connectivity index (χ3v) is 7.43. The van der Waals surface area contributed by atoms with Crippen molar-refractivity contribution in [2.75, 3.05) is 26.6 Å². The molecule has 1 heterocycles. The molecule has 0 saturated heterocycles. The van der Waals surface area contributed by atoms with Crippen LogP contribution in [0.1, 0.15) is 42.7 Å². The number of anilines is 1. The highest BCUT2D eigenvalue weighted by Gasteiger charge is 2.41. The highest BCUT2D eigenvalue weighted by atomic mass is 16.5. The molecular formula is C32H32N2O5. The molecule has 3 aromatic carbocycles. The minimum atomic E-state index is -0.473. The molecule has 1 aliphatic carbocycles. The first-order valence-electron chi connectivity index (χ1n) is 12.9. The zero-order chi connectivity index (χ0) is 27.5. The summed E-state index contributed by atoms with van der Waals surface area (Å²) in [6.07, 6.45) is 0.983. The van der Waals surface area contributed by atoms with E-state index in [4.69, 9.17) is 14.2 Å². The number of ether oxygens (including phenoxy) is 3. The van der Waals surface area contributed by atoms with E-state index in [9.17, 15) is 9.59 Å². The molecule has 7 heteroatoms. The van der Waals surface area contributed by atoms with E-state index in [-0.39, 0.29) is 17.6 Å². The summed E-state index contributed by atoms with van der Waals surface area (Å²) in [6.45, 7) is 1.90. The fourth-order valence-electron chi connectivity index (χ4n) is 5.53. The molecule has 7 nitrogen and oxygen atoms in total. The van der Waals surface area contributed by atoms with Gasteiger partial charge in [-0.2, -0.15) is 0 Å². The third-order valence-electron chi connectivity index (χ3n) is 7.43. The quantitative estimate of drug-likeness (QED) is 0.412. The Balaban J connectivity index is 1.50. The van der Waals surface area contributed by atoms with Gasteiger partial charge in [0.1, 0.15) is 5.75 Å². The van der Waals surface area contributed by atoms with Gasteiger partial charge in [0.15, 0.2) is 17.3 Å². The van der Waals surface area contributed by atoms with Crippen LogP contribution in [-0.4, -0.2) is 33.0 Å². The average Bonchev–Trinajstić information content (AvgIpc) is 2.96. The number of ketones is 1. The van der Waals surface area contributed by atoms with Crippen molar-refractivity contribution in [1.82, 2.24) is 5.32 Å². The lowest BCUT2D eigenvalue weighted by Gasteiger charge is -2.37. The monoisotopic (exact) mass is 524 g/mol. The number of allylic oxidation sites excluding steroid dienone is 3. The van der Waals surface area contributed by atoms with Gasteiger partial charge >= 0.3 is 0 Å². The van der Waals surface area contributed by atoms with Crippen LogP contribution < -0.4 is 24.8 Å². The lowest BCUT2D eigenvalue weighted by molar-refractivity contribution is -0.116. The molecule has 0 radical (unpaired) electrons. The van der Waals surface area contributed by atoms with E-state index in [0.29, 0.717) is 46.9 Å². The van der Waals surface area contributed by atoms with Crippen LogP contribution in [0.5, 0.6) is 17.2 Å². The largest absolute Gasteiger partial charge is 0.497 e. The number of methoxy groups -OCH3 is 3. The fraction of sp³-hybridized carbons (Fsp3) is 0.250. The van der Waals surface area contributed by atoms with E-state index in [1.54, 1.807) is 45.6 Å². The minimum absolute atomic E-state index is 0.0255. The van der Waals surface area contributed by atoms with Crippen molar-refractivity contribution in [3.63, 3.8) is 0 Å². The van der Waals surface area contributed by atoms with Gasteiger partial charge in [-0.3, -0.25) is 9.59 Å². The standard InChI is InChI=1S/C32H32N2O5/c1-19-29(32(36)34-23-11-13-24(37-2)14-12-23)30(20-8-6-5-7-9-20)31-25(33-19)16-22(17-26(31)35)21-10-15-27(38-3)28(18-21)39-4/h5-15,18,22,30,33H,16-17H2,1-4H3,(H,34,36). The molecule has 1 aliphatic heterocycles. The summed E-state index contributed by atoms with van der Waals surface area (Å²) >= 11 is 0. The van der Waals surface area contributed by atoms with Gasteiger partial charge in [-0.05, 0) is 66.8 Å². The van der Waals surface area contributed by atoms with Gasteiger partial charge < -0.3 is 24.8 Å². The Hall–Kier alpha value is -4.52. The van der Waals surface area contributed by atoms with Gasteiger partial charge in [0, 0.05) is 40.6 Å². The molecule has 3 aromatic rings. The summed E-state index contributed by atoms with van der Waals surface area (Å²) in [7, 11) is 4.81. The summed E-state index contributed by atoms with van der Waals surface area (Å²) in [5.74, 6) is 1.27. The number of carbonyl (C=O) groups is 2. The first-order valence-corrected chi connectivity index (χ1v) is 12.9. The summed E-state index contributed by atoms with van der Waals surface area (Å²) in [6, 6.07) is 22.7. The van der Waals surface area contributed by atoms with Crippen LogP contribution in [0.15, 0.2) is 95.3 Å². The maximum absolute atomic E-state index is 13.9.